The maximum atomic E-state index is 13.9. The standard InChI is InChI=1S/C15H19F2NO3/c1-3-21-14(20)18-11(2)15(16,17)13(19)10-9-12-7-5-4-6-8-12/h4-8,11H,3,9-10H2,1-2H3,(H,18,20). The predicted molar refractivity (Wildman–Crippen MR) is 74.3 cm³/mol. The Bertz CT molecular complexity index is 477. The fourth-order valence-electron chi connectivity index (χ4n) is 1.75. The minimum Gasteiger partial charge on any atom is -0.450 e. The van der Waals surface area contributed by atoms with Gasteiger partial charge in [0, 0.05) is 6.42 Å². The van der Waals surface area contributed by atoms with Gasteiger partial charge in [-0.25, -0.2) is 4.79 Å². The molecule has 6 heteroatoms. The summed E-state index contributed by atoms with van der Waals surface area (Å²) in [6.45, 7) is 2.72. The van der Waals surface area contributed by atoms with E-state index < -0.39 is 23.8 Å². The zero-order valence-electron chi connectivity index (χ0n) is 12.1. The molecule has 0 aromatic heterocycles. The van der Waals surface area contributed by atoms with Crippen molar-refractivity contribution in [2.75, 3.05) is 6.61 Å². The highest BCUT2D eigenvalue weighted by molar-refractivity contribution is 5.87. The third-order valence-electron chi connectivity index (χ3n) is 3.01. The minimum absolute atomic E-state index is 0.0755. The fourth-order valence-corrected chi connectivity index (χ4v) is 1.75. The molecule has 1 amide bonds. The highest BCUT2D eigenvalue weighted by Crippen LogP contribution is 2.22. The average molecular weight is 299 g/mol. The van der Waals surface area contributed by atoms with Gasteiger partial charge in [0.05, 0.1) is 6.61 Å². The Morgan fingerprint density at radius 1 is 1.29 bits per heavy atom. The quantitative estimate of drug-likeness (QED) is 0.842. The van der Waals surface area contributed by atoms with Crippen molar-refractivity contribution in [1.29, 1.82) is 0 Å². The van der Waals surface area contributed by atoms with Gasteiger partial charge in [0.25, 0.3) is 0 Å². The number of alkyl halides is 2. The number of hydrogen-bond donors (Lipinski definition) is 1. The Kier molecular flexibility index (Phi) is 6.27. The average Bonchev–Trinajstić information content (AvgIpc) is 2.45. The molecule has 0 aliphatic rings. The summed E-state index contributed by atoms with van der Waals surface area (Å²) in [7, 11) is 0. The first-order valence-electron chi connectivity index (χ1n) is 6.76. The van der Waals surface area contributed by atoms with Crippen molar-refractivity contribution >= 4 is 11.9 Å². The van der Waals surface area contributed by atoms with E-state index in [0.717, 1.165) is 12.5 Å². The smallest absolute Gasteiger partial charge is 0.407 e. The molecule has 0 radical (unpaired) electrons. The lowest BCUT2D eigenvalue weighted by atomic mass is 10.0. The Morgan fingerprint density at radius 3 is 2.48 bits per heavy atom. The number of hydrogen-bond acceptors (Lipinski definition) is 3. The number of halogens is 2. The molecule has 0 fully saturated rings. The molecule has 0 aliphatic carbocycles. The van der Waals surface area contributed by atoms with Crippen LogP contribution in [0.4, 0.5) is 13.6 Å². The first kappa shape index (κ1) is 17.1. The molecule has 0 aliphatic heterocycles. The molecule has 1 aromatic carbocycles. The molecule has 1 aromatic rings. The van der Waals surface area contributed by atoms with Crippen LogP contribution in [-0.4, -0.2) is 30.4 Å². The van der Waals surface area contributed by atoms with Gasteiger partial charge in [-0.1, -0.05) is 30.3 Å². The second-order valence-corrected chi connectivity index (χ2v) is 4.62. The Labute approximate surface area is 122 Å². The number of Topliss-reactive ketones (excluding diaryl/α,β-unsaturated/α-hetero) is 1. The van der Waals surface area contributed by atoms with E-state index in [1.54, 1.807) is 31.2 Å². The second-order valence-electron chi connectivity index (χ2n) is 4.62. The van der Waals surface area contributed by atoms with Gasteiger partial charge in [0.2, 0.25) is 5.78 Å². The number of benzene rings is 1. The van der Waals surface area contributed by atoms with Crippen LogP contribution < -0.4 is 5.32 Å². The van der Waals surface area contributed by atoms with Gasteiger partial charge in [-0.15, -0.1) is 0 Å². The molecule has 0 saturated carbocycles. The lowest BCUT2D eigenvalue weighted by Crippen LogP contribution is -2.50. The van der Waals surface area contributed by atoms with Crippen LogP contribution >= 0.6 is 0 Å². The highest BCUT2D eigenvalue weighted by atomic mass is 19.3. The van der Waals surface area contributed by atoms with Crippen LogP contribution in [0.15, 0.2) is 30.3 Å². The van der Waals surface area contributed by atoms with Crippen molar-refractivity contribution < 1.29 is 23.1 Å². The predicted octanol–water partition coefficient (Wildman–Crippen LogP) is 2.96. The summed E-state index contributed by atoms with van der Waals surface area (Å²) in [6, 6.07) is 7.30. The van der Waals surface area contributed by atoms with E-state index in [1.807, 2.05) is 11.4 Å². The molecule has 0 spiro atoms. The van der Waals surface area contributed by atoms with Gasteiger partial charge in [-0.3, -0.25) is 4.79 Å². The van der Waals surface area contributed by atoms with Gasteiger partial charge in [-0.05, 0) is 25.8 Å². The number of alkyl carbamates (subject to hydrolysis) is 1. The number of amides is 1. The zero-order chi connectivity index (χ0) is 15.9. The number of aryl methyl sites for hydroxylation is 1. The third-order valence-corrected chi connectivity index (χ3v) is 3.01. The highest BCUT2D eigenvalue weighted by Gasteiger charge is 2.44. The van der Waals surface area contributed by atoms with Crippen molar-refractivity contribution in [3.05, 3.63) is 35.9 Å². The number of rotatable bonds is 7. The van der Waals surface area contributed by atoms with Gasteiger partial charge in [0.15, 0.2) is 0 Å². The first-order valence-corrected chi connectivity index (χ1v) is 6.76. The first-order chi connectivity index (χ1) is 9.87. The summed E-state index contributed by atoms with van der Waals surface area (Å²) >= 11 is 0. The van der Waals surface area contributed by atoms with Crippen LogP contribution in [0.2, 0.25) is 0 Å². The number of carbonyl (C=O) groups is 2. The van der Waals surface area contributed by atoms with Crippen molar-refractivity contribution in [3.8, 4) is 0 Å². The Balaban J connectivity index is 2.55. The van der Waals surface area contributed by atoms with Crippen LogP contribution in [-0.2, 0) is 16.0 Å². The van der Waals surface area contributed by atoms with E-state index in [0.29, 0.717) is 0 Å². The summed E-state index contributed by atoms with van der Waals surface area (Å²) < 4.78 is 32.3. The summed E-state index contributed by atoms with van der Waals surface area (Å²) in [6.07, 6.45) is -1.01. The Morgan fingerprint density at radius 2 is 1.90 bits per heavy atom. The zero-order valence-corrected chi connectivity index (χ0v) is 12.1. The van der Waals surface area contributed by atoms with Crippen LogP contribution in [0.5, 0.6) is 0 Å². The Hall–Kier alpha value is -1.98. The summed E-state index contributed by atoms with van der Waals surface area (Å²) in [5.41, 5.74) is 0.813. The van der Waals surface area contributed by atoms with Gasteiger partial charge in [-0.2, -0.15) is 8.78 Å². The molecule has 1 N–H and O–H groups in total. The molecular formula is C15H19F2NO3. The van der Waals surface area contributed by atoms with Gasteiger partial charge < -0.3 is 10.1 Å². The summed E-state index contributed by atoms with van der Waals surface area (Å²) in [5, 5.41) is 1.97. The molecule has 1 atom stereocenters. The maximum Gasteiger partial charge on any atom is 0.407 e. The van der Waals surface area contributed by atoms with E-state index in [9.17, 15) is 18.4 Å². The lowest BCUT2D eigenvalue weighted by Gasteiger charge is -2.23. The molecule has 21 heavy (non-hydrogen) atoms. The van der Waals surface area contributed by atoms with E-state index in [4.69, 9.17) is 0 Å². The minimum atomic E-state index is -3.62. The topological polar surface area (TPSA) is 55.4 Å². The van der Waals surface area contributed by atoms with E-state index in [-0.39, 0.29) is 19.4 Å². The summed E-state index contributed by atoms with van der Waals surface area (Å²) in [5.74, 6) is -4.82. The summed E-state index contributed by atoms with van der Waals surface area (Å²) in [4.78, 5) is 22.8. The van der Waals surface area contributed by atoms with Crippen LogP contribution in [0.1, 0.15) is 25.8 Å². The number of carbonyl (C=O) groups excluding carboxylic acids is 2. The maximum absolute atomic E-state index is 13.9. The van der Waals surface area contributed by atoms with E-state index in [1.165, 1.54) is 0 Å². The normalized spacial score (nSPS) is 12.6. The van der Waals surface area contributed by atoms with Crippen molar-refractivity contribution in [3.63, 3.8) is 0 Å². The molecule has 1 rings (SSSR count). The number of ether oxygens (including phenoxy) is 1. The second kappa shape index (κ2) is 7.71. The van der Waals surface area contributed by atoms with Crippen LogP contribution in [0, 0.1) is 0 Å². The van der Waals surface area contributed by atoms with Crippen LogP contribution in [0.3, 0.4) is 0 Å². The van der Waals surface area contributed by atoms with Crippen molar-refractivity contribution in [2.45, 2.75) is 38.7 Å². The third kappa shape index (κ3) is 5.13. The van der Waals surface area contributed by atoms with E-state index >= 15 is 0 Å². The van der Waals surface area contributed by atoms with Crippen molar-refractivity contribution in [1.82, 2.24) is 5.32 Å². The monoisotopic (exact) mass is 299 g/mol. The molecule has 0 bridgehead atoms. The molecule has 1 unspecified atom stereocenters. The van der Waals surface area contributed by atoms with Gasteiger partial charge >= 0.3 is 12.0 Å². The van der Waals surface area contributed by atoms with E-state index in [2.05, 4.69) is 4.74 Å². The lowest BCUT2D eigenvalue weighted by molar-refractivity contribution is -0.146. The fraction of sp³-hybridized carbons (Fsp3) is 0.467. The molecule has 4 nitrogen and oxygen atoms in total. The SMILES string of the molecule is CCOC(=O)NC(C)C(F)(F)C(=O)CCc1ccccc1. The number of nitrogens with one attached hydrogen (secondary N) is 1. The largest absolute Gasteiger partial charge is 0.450 e. The van der Waals surface area contributed by atoms with Crippen LogP contribution in [0.25, 0.3) is 0 Å². The van der Waals surface area contributed by atoms with Gasteiger partial charge in [0.1, 0.15) is 6.04 Å². The van der Waals surface area contributed by atoms with Crippen molar-refractivity contribution in [2.24, 2.45) is 0 Å². The molecule has 0 saturated heterocycles. The number of ketones is 1. The molecule has 0 heterocycles. The molecular weight excluding hydrogens is 280 g/mol. The molecule has 116 valence electrons.